The Bertz CT molecular complexity index is 1180. The maximum atomic E-state index is 13.1. The highest BCUT2D eigenvalue weighted by atomic mass is 35.5. The minimum Gasteiger partial charge on any atom is -0.331 e. The third kappa shape index (κ3) is 4.06. The number of anilines is 1. The summed E-state index contributed by atoms with van der Waals surface area (Å²) in [6.45, 7) is 4.75. The van der Waals surface area contributed by atoms with Crippen LogP contribution in [0.15, 0.2) is 30.8 Å². The lowest BCUT2D eigenvalue weighted by Crippen LogP contribution is -2.40. The summed E-state index contributed by atoms with van der Waals surface area (Å²) >= 11 is 6.78. The third-order valence-corrected chi connectivity index (χ3v) is 5.86. The smallest absolute Gasteiger partial charge is 0.291 e. The number of hydrogen-bond acceptors (Lipinski definition) is 6. The molecule has 0 unspecified atom stereocenters. The Morgan fingerprint density at radius 2 is 2.10 bits per heavy atom. The van der Waals surface area contributed by atoms with Crippen molar-refractivity contribution in [2.75, 3.05) is 11.9 Å². The Hall–Kier alpha value is -3.18. The molecule has 0 atom stereocenters. The molecule has 3 aromatic rings. The minimum absolute atomic E-state index is 0.0493. The van der Waals surface area contributed by atoms with Crippen molar-refractivity contribution in [3.63, 3.8) is 0 Å². The number of nitrogens with zero attached hydrogens (tertiary/aromatic N) is 5. The van der Waals surface area contributed by atoms with Gasteiger partial charge in [0.15, 0.2) is 10.7 Å². The quantitative estimate of drug-likeness (QED) is 0.597. The largest absolute Gasteiger partial charge is 0.331 e. The molecule has 0 fully saturated rings. The minimum atomic E-state index is -2.78. The summed E-state index contributed by atoms with van der Waals surface area (Å²) in [5.74, 6) is -1.01. The van der Waals surface area contributed by atoms with Crippen molar-refractivity contribution in [3.8, 4) is 0 Å². The first kappa shape index (κ1) is 21.1. The van der Waals surface area contributed by atoms with Crippen molar-refractivity contribution in [1.29, 1.82) is 0 Å². The first-order valence-corrected chi connectivity index (χ1v) is 10.3. The zero-order valence-corrected chi connectivity index (χ0v) is 17.5. The molecule has 31 heavy (non-hydrogen) atoms. The van der Waals surface area contributed by atoms with Gasteiger partial charge in [0, 0.05) is 23.7 Å². The fraction of sp³-hybridized carbons (Fsp3) is 0.211. The summed E-state index contributed by atoms with van der Waals surface area (Å²) in [4.78, 5) is 27.4. The van der Waals surface area contributed by atoms with E-state index < -0.39 is 17.3 Å². The van der Waals surface area contributed by atoms with Gasteiger partial charge in [0.05, 0.1) is 6.54 Å². The summed E-state index contributed by atoms with van der Waals surface area (Å²) in [6.07, 6.45) is -1.41. The third-order valence-electron chi connectivity index (χ3n) is 4.65. The molecule has 2 aromatic heterocycles. The lowest BCUT2D eigenvalue weighted by molar-refractivity contribution is 0.0683. The van der Waals surface area contributed by atoms with Crippen molar-refractivity contribution in [2.24, 2.45) is 0 Å². The van der Waals surface area contributed by atoms with E-state index in [1.54, 1.807) is 11.0 Å². The van der Waals surface area contributed by atoms with E-state index in [1.165, 1.54) is 10.8 Å². The summed E-state index contributed by atoms with van der Waals surface area (Å²) in [7, 11) is 0. The first-order chi connectivity index (χ1) is 14.9. The summed E-state index contributed by atoms with van der Waals surface area (Å²) < 4.78 is 26.8. The fourth-order valence-electron chi connectivity index (χ4n) is 3.20. The van der Waals surface area contributed by atoms with Crippen LogP contribution in [0.25, 0.3) is 6.08 Å². The van der Waals surface area contributed by atoms with Crippen LogP contribution in [0.4, 0.5) is 13.9 Å². The normalized spacial score (nSPS) is 13.4. The molecule has 4 rings (SSSR count). The highest BCUT2D eigenvalue weighted by Gasteiger charge is 2.32. The average molecular weight is 465 g/mol. The second kappa shape index (κ2) is 8.52. The van der Waals surface area contributed by atoms with Crippen LogP contribution in [0.1, 0.15) is 43.5 Å². The Labute approximate surface area is 184 Å². The monoisotopic (exact) mass is 464 g/mol. The molecule has 1 N–H and O–H groups in total. The van der Waals surface area contributed by atoms with Crippen LogP contribution in [0.2, 0.25) is 5.02 Å². The Kier molecular flexibility index (Phi) is 5.79. The Balaban J connectivity index is 1.59. The number of rotatable bonds is 6. The Morgan fingerprint density at radius 3 is 2.77 bits per heavy atom. The van der Waals surface area contributed by atoms with Crippen LogP contribution in [-0.4, -0.2) is 43.2 Å². The van der Waals surface area contributed by atoms with E-state index in [0.717, 1.165) is 5.56 Å². The van der Waals surface area contributed by atoms with Crippen LogP contribution in [0, 0.1) is 0 Å². The number of alkyl halides is 2. The van der Waals surface area contributed by atoms with Gasteiger partial charge in [-0.3, -0.25) is 19.6 Å². The molecular weight excluding hydrogens is 450 g/mol. The summed E-state index contributed by atoms with van der Waals surface area (Å²) in [5, 5.41) is 13.4. The van der Waals surface area contributed by atoms with Gasteiger partial charge >= 0.3 is 0 Å². The van der Waals surface area contributed by atoms with Crippen molar-refractivity contribution in [1.82, 2.24) is 24.9 Å². The number of carbonyl (C=O) groups excluding carboxylic acids is 2. The standard InChI is InChI=1S/C19H15ClF2N6O2S/c1-2-11-13(16(29)23-19-25-24-17(31-19)15(21)22)26-28-8-7-27(18(30)14(11)28)9-10-5-3-4-6-12(10)20/h2-6,15H,1,7-9H2,(H,23,25,29). The number of nitrogens with one attached hydrogen (secondary N) is 1. The van der Waals surface area contributed by atoms with E-state index >= 15 is 0 Å². The molecule has 8 nitrogen and oxygen atoms in total. The Morgan fingerprint density at radius 1 is 1.32 bits per heavy atom. The molecule has 0 saturated heterocycles. The maximum Gasteiger partial charge on any atom is 0.291 e. The van der Waals surface area contributed by atoms with E-state index in [9.17, 15) is 18.4 Å². The van der Waals surface area contributed by atoms with Gasteiger partial charge in [-0.05, 0) is 11.6 Å². The topological polar surface area (TPSA) is 93.0 Å². The SMILES string of the molecule is C=Cc1c(C(=O)Nc2nnc(C(F)F)s2)nn2c1C(=O)N(Cc1ccccc1Cl)CC2. The van der Waals surface area contributed by atoms with Gasteiger partial charge in [-0.1, -0.05) is 53.8 Å². The van der Waals surface area contributed by atoms with Crippen LogP contribution in [0.3, 0.4) is 0 Å². The highest BCUT2D eigenvalue weighted by molar-refractivity contribution is 7.15. The highest BCUT2D eigenvalue weighted by Crippen LogP contribution is 2.27. The molecule has 0 spiro atoms. The molecule has 0 saturated carbocycles. The molecule has 0 radical (unpaired) electrons. The number of amides is 2. The van der Waals surface area contributed by atoms with Crippen LogP contribution < -0.4 is 5.32 Å². The molecule has 160 valence electrons. The summed E-state index contributed by atoms with van der Waals surface area (Å²) in [6, 6.07) is 7.23. The lowest BCUT2D eigenvalue weighted by atomic mass is 10.1. The maximum absolute atomic E-state index is 13.1. The molecule has 12 heteroatoms. The molecule has 1 aromatic carbocycles. The predicted molar refractivity (Wildman–Crippen MR) is 111 cm³/mol. The predicted octanol–water partition coefficient (Wildman–Crippen LogP) is 3.88. The van der Waals surface area contributed by atoms with Crippen molar-refractivity contribution >= 4 is 46.0 Å². The molecule has 1 aliphatic rings. The molecule has 3 heterocycles. The van der Waals surface area contributed by atoms with E-state index in [4.69, 9.17) is 11.6 Å². The van der Waals surface area contributed by atoms with Crippen molar-refractivity contribution < 1.29 is 18.4 Å². The first-order valence-electron chi connectivity index (χ1n) is 9.08. The number of hydrogen-bond donors (Lipinski definition) is 1. The van der Waals surface area contributed by atoms with Crippen LogP contribution >= 0.6 is 22.9 Å². The van der Waals surface area contributed by atoms with Crippen LogP contribution in [0.5, 0.6) is 0 Å². The lowest BCUT2D eigenvalue weighted by Gasteiger charge is -2.28. The number of halogens is 3. The molecular formula is C19H15ClF2N6O2S. The number of carbonyl (C=O) groups is 2. The van der Waals surface area contributed by atoms with Gasteiger partial charge in [0.25, 0.3) is 18.2 Å². The zero-order chi connectivity index (χ0) is 22.1. The van der Waals surface area contributed by atoms with E-state index in [1.807, 2.05) is 18.2 Å². The number of benzene rings is 1. The zero-order valence-electron chi connectivity index (χ0n) is 15.9. The van der Waals surface area contributed by atoms with E-state index in [0.29, 0.717) is 36.0 Å². The van der Waals surface area contributed by atoms with Gasteiger partial charge in [-0.25, -0.2) is 8.78 Å². The molecule has 0 bridgehead atoms. The number of fused-ring (bicyclic) bond motifs is 1. The fourth-order valence-corrected chi connectivity index (χ4v) is 3.99. The molecule has 0 aliphatic carbocycles. The summed E-state index contributed by atoms with van der Waals surface area (Å²) in [5.41, 5.74) is 1.23. The van der Waals surface area contributed by atoms with Crippen LogP contribution in [-0.2, 0) is 13.1 Å². The van der Waals surface area contributed by atoms with E-state index in [-0.39, 0.29) is 28.0 Å². The average Bonchev–Trinajstić information content (AvgIpc) is 3.36. The van der Waals surface area contributed by atoms with E-state index in [2.05, 4.69) is 27.2 Å². The van der Waals surface area contributed by atoms with Crippen molar-refractivity contribution in [2.45, 2.75) is 19.5 Å². The van der Waals surface area contributed by atoms with Gasteiger partial charge in [0.2, 0.25) is 5.13 Å². The van der Waals surface area contributed by atoms with Gasteiger partial charge < -0.3 is 4.90 Å². The molecule has 1 aliphatic heterocycles. The van der Waals surface area contributed by atoms with Gasteiger partial charge in [0.1, 0.15) is 5.69 Å². The number of aromatic nitrogens is 4. The second-order valence-corrected chi connectivity index (χ2v) is 7.97. The van der Waals surface area contributed by atoms with Gasteiger partial charge in [-0.2, -0.15) is 5.10 Å². The van der Waals surface area contributed by atoms with Gasteiger partial charge in [-0.15, -0.1) is 10.2 Å². The second-order valence-electron chi connectivity index (χ2n) is 6.56. The molecule has 2 amide bonds. The van der Waals surface area contributed by atoms with Crippen molar-refractivity contribution in [3.05, 3.63) is 63.4 Å².